The highest BCUT2D eigenvalue weighted by Crippen LogP contribution is 2.24. The van der Waals surface area contributed by atoms with Crippen LogP contribution >= 0.6 is 0 Å². The van der Waals surface area contributed by atoms with Crippen molar-refractivity contribution in [1.82, 2.24) is 4.72 Å². The van der Waals surface area contributed by atoms with Crippen LogP contribution in [0.1, 0.15) is 44.0 Å². The van der Waals surface area contributed by atoms with Gasteiger partial charge in [-0.25, -0.2) is 17.9 Å². The second-order valence-electron chi connectivity index (χ2n) is 5.04. The minimum absolute atomic E-state index is 0.0891. The Morgan fingerprint density at radius 2 is 1.90 bits per heavy atom. The monoisotopic (exact) mass is 315 g/mol. The molecule has 0 saturated heterocycles. The second kappa shape index (κ2) is 6.44. The van der Waals surface area contributed by atoms with Crippen LogP contribution in [0, 0.1) is 0 Å². The number of ether oxygens (including phenoxy) is 1. The van der Waals surface area contributed by atoms with Crippen molar-refractivity contribution < 1.29 is 23.1 Å². The van der Waals surface area contributed by atoms with E-state index in [1.54, 1.807) is 0 Å². The molecule has 1 aromatic carbocycles. The fourth-order valence-electron chi connectivity index (χ4n) is 1.80. The van der Waals surface area contributed by atoms with Gasteiger partial charge in [0.2, 0.25) is 10.0 Å². The van der Waals surface area contributed by atoms with E-state index in [1.165, 1.54) is 19.2 Å². The third-order valence-electron chi connectivity index (χ3n) is 3.65. The van der Waals surface area contributed by atoms with Crippen molar-refractivity contribution in [1.29, 1.82) is 0 Å². The van der Waals surface area contributed by atoms with Crippen LogP contribution < -0.4 is 9.46 Å². The maximum absolute atomic E-state index is 12.4. The van der Waals surface area contributed by atoms with E-state index in [4.69, 9.17) is 9.84 Å². The Labute approximate surface area is 125 Å². The molecule has 0 aliphatic carbocycles. The van der Waals surface area contributed by atoms with Crippen molar-refractivity contribution in [3.63, 3.8) is 0 Å². The van der Waals surface area contributed by atoms with Crippen LogP contribution in [0.15, 0.2) is 23.1 Å². The smallest absolute Gasteiger partial charge is 0.339 e. The van der Waals surface area contributed by atoms with E-state index in [9.17, 15) is 13.2 Å². The van der Waals surface area contributed by atoms with E-state index in [1.807, 2.05) is 20.8 Å². The van der Waals surface area contributed by atoms with Crippen molar-refractivity contribution in [2.45, 2.75) is 44.0 Å². The number of nitrogens with one attached hydrogen (secondary N) is 1. The zero-order valence-electron chi connectivity index (χ0n) is 12.6. The molecule has 1 aromatic rings. The zero-order valence-corrected chi connectivity index (χ0v) is 13.5. The van der Waals surface area contributed by atoms with Crippen LogP contribution in [-0.2, 0) is 10.0 Å². The first-order valence-electron chi connectivity index (χ1n) is 6.64. The molecular formula is C14H21NO5S. The van der Waals surface area contributed by atoms with Gasteiger partial charge in [0.25, 0.3) is 0 Å². The Bertz CT molecular complexity index is 620. The molecule has 0 amide bonds. The first-order valence-corrected chi connectivity index (χ1v) is 8.12. The van der Waals surface area contributed by atoms with Gasteiger partial charge in [0.05, 0.1) is 12.0 Å². The average Bonchev–Trinajstić information content (AvgIpc) is 2.45. The highest BCUT2D eigenvalue weighted by atomic mass is 32.2. The Morgan fingerprint density at radius 1 is 1.33 bits per heavy atom. The summed E-state index contributed by atoms with van der Waals surface area (Å²) in [7, 11) is -2.46. The summed E-state index contributed by atoms with van der Waals surface area (Å²) in [5.41, 5.74) is -0.752. The predicted molar refractivity (Wildman–Crippen MR) is 79.3 cm³/mol. The van der Waals surface area contributed by atoms with E-state index >= 15 is 0 Å². The second-order valence-corrected chi connectivity index (χ2v) is 6.72. The van der Waals surface area contributed by atoms with Crippen molar-refractivity contribution in [3.05, 3.63) is 23.8 Å². The molecule has 0 spiro atoms. The quantitative estimate of drug-likeness (QED) is 0.805. The molecule has 2 N–H and O–H groups in total. The lowest BCUT2D eigenvalue weighted by atomic mass is 9.98. The lowest BCUT2D eigenvalue weighted by Gasteiger charge is -2.27. The number of carboxylic acid groups (broad SMARTS) is 1. The van der Waals surface area contributed by atoms with E-state index in [2.05, 4.69) is 4.72 Å². The molecule has 7 heteroatoms. The van der Waals surface area contributed by atoms with Gasteiger partial charge in [-0.1, -0.05) is 13.8 Å². The van der Waals surface area contributed by atoms with Gasteiger partial charge in [0.1, 0.15) is 11.3 Å². The fraction of sp³-hybridized carbons (Fsp3) is 0.500. The molecule has 0 heterocycles. The SMILES string of the molecule is CCC(C)(CC)NS(=O)(=O)c1ccc(OC)c(C(=O)O)c1. The van der Waals surface area contributed by atoms with Gasteiger partial charge in [-0.05, 0) is 38.0 Å². The van der Waals surface area contributed by atoms with Crippen molar-refractivity contribution in [2.75, 3.05) is 7.11 Å². The molecular weight excluding hydrogens is 294 g/mol. The highest BCUT2D eigenvalue weighted by molar-refractivity contribution is 7.89. The van der Waals surface area contributed by atoms with Crippen molar-refractivity contribution in [3.8, 4) is 5.75 Å². The van der Waals surface area contributed by atoms with Crippen LogP contribution in [0.3, 0.4) is 0 Å². The van der Waals surface area contributed by atoms with Gasteiger partial charge in [-0.3, -0.25) is 0 Å². The molecule has 118 valence electrons. The number of hydrogen-bond acceptors (Lipinski definition) is 4. The molecule has 0 aliphatic rings. The molecule has 1 rings (SSSR count). The predicted octanol–water partition coefficient (Wildman–Crippen LogP) is 2.25. The third-order valence-corrected chi connectivity index (χ3v) is 5.29. The summed E-state index contributed by atoms with van der Waals surface area (Å²) in [6.07, 6.45) is 1.26. The standard InChI is InChI=1S/C14H21NO5S/c1-5-14(3,6-2)15-21(18,19)10-7-8-12(20-4)11(9-10)13(16)17/h7-9,15H,5-6H2,1-4H3,(H,16,17). The molecule has 21 heavy (non-hydrogen) atoms. The zero-order chi connectivity index (χ0) is 16.3. The summed E-state index contributed by atoms with van der Waals surface area (Å²) in [4.78, 5) is 11.1. The minimum atomic E-state index is -3.79. The first kappa shape index (κ1) is 17.5. The lowest BCUT2D eigenvalue weighted by Crippen LogP contribution is -2.44. The van der Waals surface area contributed by atoms with Crippen molar-refractivity contribution >= 4 is 16.0 Å². The number of sulfonamides is 1. The summed E-state index contributed by atoms with van der Waals surface area (Å²) in [6.45, 7) is 5.59. The maximum atomic E-state index is 12.4. The topological polar surface area (TPSA) is 92.7 Å². The number of aromatic carboxylic acids is 1. The molecule has 0 unspecified atom stereocenters. The fourth-order valence-corrected chi connectivity index (χ4v) is 3.37. The number of carbonyl (C=O) groups is 1. The first-order chi connectivity index (χ1) is 9.69. The molecule has 0 radical (unpaired) electrons. The van der Waals surface area contributed by atoms with Crippen LogP contribution in [0.5, 0.6) is 5.75 Å². The molecule has 0 saturated carbocycles. The van der Waals surface area contributed by atoms with Gasteiger partial charge < -0.3 is 9.84 Å². The van der Waals surface area contributed by atoms with Crippen LogP contribution in [-0.4, -0.2) is 32.1 Å². The highest BCUT2D eigenvalue weighted by Gasteiger charge is 2.28. The Kier molecular flexibility index (Phi) is 5.36. The van der Waals surface area contributed by atoms with Crippen LogP contribution in [0.25, 0.3) is 0 Å². The summed E-state index contributed by atoms with van der Waals surface area (Å²) in [5.74, 6) is -1.12. The van der Waals surface area contributed by atoms with Gasteiger partial charge in [-0.2, -0.15) is 0 Å². The summed E-state index contributed by atoms with van der Waals surface area (Å²) in [5, 5.41) is 9.12. The van der Waals surface area contributed by atoms with E-state index < -0.39 is 21.5 Å². The number of hydrogen-bond donors (Lipinski definition) is 2. The summed E-state index contributed by atoms with van der Waals surface area (Å²) >= 11 is 0. The van der Waals surface area contributed by atoms with E-state index in [0.717, 1.165) is 6.07 Å². The molecule has 0 atom stereocenters. The van der Waals surface area contributed by atoms with Gasteiger partial charge >= 0.3 is 5.97 Å². The molecule has 0 aromatic heterocycles. The average molecular weight is 315 g/mol. The number of methoxy groups -OCH3 is 1. The number of rotatable bonds is 7. The Morgan fingerprint density at radius 3 is 2.33 bits per heavy atom. The van der Waals surface area contributed by atoms with E-state index in [0.29, 0.717) is 12.8 Å². The van der Waals surface area contributed by atoms with Gasteiger partial charge in [0.15, 0.2) is 0 Å². The maximum Gasteiger partial charge on any atom is 0.339 e. The summed E-state index contributed by atoms with van der Waals surface area (Å²) in [6, 6.07) is 3.78. The Hall–Kier alpha value is -1.60. The minimum Gasteiger partial charge on any atom is -0.496 e. The number of carboxylic acids is 1. The Balaban J connectivity index is 3.27. The normalized spacial score (nSPS) is 12.2. The lowest BCUT2D eigenvalue weighted by molar-refractivity contribution is 0.0693. The molecule has 0 aliphatic heterocycles. The number of benzene rings is 1. The van der Waals surface area contributed by atoms with Gasteiger partial charge in [0, 0.05) is 5.54 Å². The van der Waals surface area contributed by atoms with Crippen LogP contribution in [0.4, 0.5) is 0 Å². The summed E-state index contributed by atoms with van der Waals surface area (Å²) < 4.78 is 32.3. The van der Waals surface area contributed by atoms with Crippen LogP contribution in [0.2, 0.25) is 0 Å². The molecule has 0 fully saturated rings. The van der Waals surface area contributed by atoms with E-state index in [-0.39, 0.29) is 16.2 Å². The third kappa shape index (κ3) is 3.95. The van der Waals surface area contributed by atoms with Gasteiger partial charge in [-0.15, -0.1) is 0 Å². The molecule has 6 nitrogen and oxygen atoms in total. The molecule has 0 bridgehead atoms. The van der Waals surface area contributed by atoms with Crippen molar-refractivity contribution in [2.24, 2.45) is 0 Å². The largest absolute Gasteiger partial charge is 0.496 e.